The molecule has 0 bridgehead atoms. The van der Waals surface area contributed by atoms with Crippen LogP contribution in [0.25, 0.3) is 11.1 Å². The summed E-state index contributed by atoms with van der Waals surface area (Å²) < 4.78 is 56.0. The number of sulfonamides is 1. The number of fused-ring (bicyclic) bond motifs is 3. The number of hydrogen-bond acceptors (Lipinski definition) is 4. The van der Waals surface area contributed by atoms with E-state index < -0.39 is 32.7 Å². The van der Waals surface area contributed by atoms with E-state index in [4.69, 9.17) is 9.88 Å². The lowest BCUT2D eigenvalue weighted by Crippen LogP contribution is -2.19. The molecular formula is C22H20FNO4S2. The number of hydrogen-bond donors (Lipinski definition) is 1. The van der Waals surface area contributed by atoms with Gasteiger partial charge >= 0.3 is 0 Å². The summed E-state index contributed by atoms with van der Waals surface area (Å²) in [6.07, 6.45) is -0.644. The Bertz CT molecular complexity index is 1260. The van der Waals surface area contributed by atoms with Gasteiger partial charge in [-0.1, -0.05) is 43.3 Å². The lowest BCUT2D eigenvalue weighted by atomic mass is 9.88. The van der Waals surface area contributed by atoms with Gasteiger partial charge in [-0.25, -0.2) is 17.9 Å². The van der Waals surface area contributed by atoms with E-state index in [-0.39, 0.29) is 5.75 Å². The Morgan fingerprint density at radius 1 is 1.10 bits per heavy atom. The topological polar surface area (TPSA) is 86.5 Å². The average Bonchev–Trinajstić information content (AvgIpc) is 2.70. The zero-order valence-electron chi connectivity index (χ0n) is 16.2. The smallest absolute Gasteiger partial charge is 0.213 e. The quantitative estimate of drug-likeness (QED) is 0.646. The minimum Gasteiger partial charge on any atom is -0.480 e. The van der Waals surface area contributed by atoms with Crippen molar-refractivity contribution in [2.24, 2.45) is 5.14 Å². The van der Waals surface area contributed by atoms with E-state index in [0.717, 1.165) is 5.56 Å². The van der Waals surface area contributed by atoms with Gasteiger partial charge in [0.1, 0.15) is 17.7 Å². The van der Waals surface area contributed by atoms with Crippen LogP contribution in [-0.4, -0.2) is 18.4 Å². The molecule has 30 heavy (non-hydrogen) atoms. The number of benzene rings is 3. The average molecular weight is 446 g/mol. The molecular weight excluding hydrogens is 425 g/mol. The molecule has 8 heteroatoms. The maximum Gasteiger partial charge on any atom is 0.213 e. The highest BCUT2D eigenvalue weighted by molar-refractivity contribution is 7.88. The monoisotopic (exact) mass is 445 g/mol. The molecule has 4 rings (SSSR count). The van der Waals surface area contributed by atoms with E-state index in [9.17, 15) is 17.0 Å². The summed E-state index contributed by atoms with van der Waals surface area (Å²) in [5.41, 5.74) is 3.26. The molecule has 0 aromatic heterocycles. The predicted octanol–water partition coefficient (Wildman–Crippen LogP) is 3.89. The molecule has 5 nitrogen and oxygen atoms in total. The van der Waals surface area contributed by atoms with Gasteiger partial charge in [-0.15, -0.1) is 0 Å². The van der Waals surface area contributed by atoms with Gasteiger partial charge < -0.3 is 4.74 Å². The van der Waals surface area contributed by atoms with Crippen molar-refractivity contribution in [2.75, 3.05) is 5.75 Å². The highest BCUT2D eigenvalue weighted by atomic mass is 32.2. The highest BCUT2D eigenvalue weighted by Crippen LogP contribution is 2.47. The first-order valence-electron chi connectivity index (χ1n) is 9.34. The molecule has 0 saturated carbocycles. The maximum atomic E-state index is 13.9. The second-order valence-corrected chi connectivity index (χ2v) is 10.4. The molecule has 0 fully saturated rings. The van der Waals surface area contributed by atoms with Crippen molar-refractivity contribution in [1.82, 2.24) is 0 Å². The van der Waals surface area contributed by atoms with Crippen molar-refractivity contribution < 1.29 is 21.8 Å². The molecule has 0 aliphatic carbocycles. The van der Waals surface area contributed by atoms with Crippen LogP contribution < -0.4 is 9.88 Å². The van der Waals surface area contributed by atoms with E-state index in [1.165, 1.54) is 12.1 Å². The van der Waals surface area contributed by atoms with E-state index in [1.807, 2.05) is 6.92 Å². The van der Waals surface area contributed by atoms with E-state index in [2.05, 4.69) is 0 Å². The first kappa shape index (κ1) is 20.7. The molecule has 0 radical (unpaired) electrons. The Morgan fingerprint density at radius 3 is 2.57 bits per heavy atom. The van der Waals surface area contributed by atoms with E-state index in [1.54, 1.807) is 48.5 Å². The number of ether oxygens (including phenoxy) is 1. The Balaban J connectivity index is 1.95. The Labute approximate surface area is 177 Å². The van der Waals surface area contributed by atoms with Crippen molar-refractivity contribution in [3.63, 3.8) is 0 Å². The summed E-state index contributed by atoms with van der Waals surface area (Å²) in [7, 11) is -4.95. The molecule has 2 atom stereocenters. The van der Waals surface area contributed by atoms with Gasteiger partial charge in [0.25, 0.3) is 0 Å². The SMILES string of the molecule is CCS(=O)c1cccc2c1-c1ccc(CS(N)(=O)=O)cc1C(c1cccc(F)c1)O2. The van der Waals surface area contributed by atoms with Crippen LogP contribution in [0.5, 0.6) is 5.75 Å². The molecule has 1 heterocycles. The van der Waals surface area contributed by atoms with Crippen molar-refractivity contribution >= 4 is 20.8 Å². The van der Waals surface area contributed by atoms with Crippen LogP contribution in [0.3, 0.4) is 0 Å². The van der Waals surface area contributed by atoms with E-state index in [0.29, 0.717) is 38.7 Å². The summed E-state index contributed by atoms with van der Waals surface area (Å²) in [5, 5.41) is 5.22. The minimum absolute atomic E-state index is 0.328. The first-order valence-corrected chi connectivity index (χ1v) is 12.4. The number of nitrogens with two attached hydrogens (primary N) is 1. The lowest BCUT2D eigenvalue weighted by Gasteiger charge is -2.31. The van der Waals surface area contributed by atoms with Crippen LogP contribution in [0.1, 0.15) is 29.7 Å². The standard InChI is InChI=1S/C22H20FNO4S2/c1-2-29(25)20-8-4-7-19-21(20)17-10-9-14(13-30(24,26)27)11-18(17)22(28-19)15-5-3-6-16(23)12-15/h3-12,22H,2,13H2,1H3,(H2,24,26,27). The van der Waals surface area contributed by atoms with Gasteiger partial charge in [-0.3, -0.25) is 4.21 Å². The molecule has 3 aromatic carbocycles. The summed E-state index contributed by atoms with van der Waals surface area (Å²) in [4.78, 5) is 0.646. The van der Waals surface area contributed by atoms with Crippen molar-refractivity contribution in [2.45, 2.75) is 23.7 Å². The van der Waals surface area contributed by atoms with Crippen molar-refractivity contribution in [3.05, 3.63) is 83.2 Å². The van der Waals surface area contributed by atoms with Gasteiger partial charge in [0.2, 0.25) is 10.0 Å². The molecule has 2 N–H and O–H groups in total. The Kier molecular flexibility index (Phi) is 5.48. The summed E-state index contributed by atoms with van der Waals surface area (Å²) in [5.74, 6) is 0.272. The predicted molar refractivity (Wildman–Crippen MR) is 115 cm³/mol. The van der Waals surface area contributed by atoms with Gasteiger partial charge in [0.05, 0.1) is 21.4 Å². The molecule has 156 valence electrons. The van der Waals surface area contributed by atoms with Gasteiger partial charge in [-0.05, 0) is 41.0 Å². The Morgan fingerprint density at radius 2 is 1.87 bits per heavy atom. The first-order chi connectivity index (χ1) is 14.3. The normalized spacial score (nSPS) is 16.3. The van der Waals surface area contributed by atoms with Gasteiger partial charge in [0, 0.05) is 16.9 Å². The fourth-order valence-corrected chi connectivity index (χ4v) is 5.33. The zero-order chi connectivity index (χ0) is 21.5. The lowest BCUT2D eigenvalue weighted by molar-refractivity contribution is 0.242. The third-order valence-corrected chi connectivity index (χ3v) is 7.02. The third-order valence-electron chi connectivity index (χ3n) is 4.93. The molecule has 0 saturated heterocycles. The second kappa shape index (κ2) is 7.94. The molecule has 2 unspecified atom stereocenters. The van der Waals surface area contributed by atoms with E-state index >= 15 is 0 Å². The van der Waals surface area contributed by atoms with Crippen LogP contribution in [0.2, 0.25) is 0 Å². The maximum absolute atomic E-state index is 13.9. The molecule has 0 spiro atoms. The summed E-state index contributed by atoms with van der Waals surface area (Å²) >= 11 is 0. The molecule has 1 aliphatic heterocycles. The van der Waals surface area contributed by atoms with Crippen LogP contribution in [0.4, 0.5) is 4.39 Å². The third kappa shape index (κ3) is 4.03. The summed E-state index contributed by atoms with van der Waals surface area (Å²) in [6.45, 7) is 1.84. The van der Waals surface area contributed by atoms with Crippen LogP contribution >= 0.6 is 0 Å². The number of halogens is 1. The largest absolute Gasteiger partial charge is 0.480 e. The van der Waals surface area contributed by atoms with Crippen molar-refractivity contribution in [1.29, 1.82) is 0 Å². The number of rotatable bonds is 5. The van der Waals surface area contributed by atoms with Gasteiger partial charge in [-0.2, -0.15) is 0 Å². The fourth-order valence-electron chi connectivity index (χ4n) is 3.71. The second-order valence-electron chi connectivity index (χ2n) is 7.05. The summed E-state index contributed by atoms with van der Waals surface area (Å²) in [6, 6.07) is 16.6. The molecule has 3 aromatic rings. The Hall–Kier alpha value is -2.55. The minimum atomic E-state index is -3.73. The molecule has 0 amide bonds. The zero-order valence-corrected chi connectivity index (χ0v) is 17.8. The molecule has 1 aliphatic rings. The number of primary sulfonamides is 1. The van der Waals surface area contributed by atoms with Crippen LogP contribution in [0, 0.1) is 5.82 Å². The van der Waals surface area contributed by atoms with Crippen LogP contribution in [-0.2, 0) is 26.6 Å². The van der Waals surface area contributed by atoms with Gasteiger partial charge in [0.15, 0.2) is 0 Å². The fraction of sp³-hybridized carbons (Fsp3) is 0.182. The van der Waals surface area contributed by atoms with Crippen LogP contribution in [0.15, 0.2) is 65.6 Å². The van der Waals surface area contributed by atoms with Crippen molar-refractivity contribution in [3.8, 4) is 16.9 Å². The highest BCUT2D eigenvalue weighted by Gasteiger charge is 2.30.